The van der Waals surface area contributed by atoms with E-state index in [-0.39, 0.29) is 18.1 Å². The number of benzene rings is 3. The number of halogens is 2. The standard InChI is InChI=1S/C25H23F2N3O2/c1-25(26,27)32-20-8-6-7-18(15-20)16-24(31)30-14-5-4-13-29(30)23-12-11-19(17-28)21-9-2-3-10-22(21)23/h2-3,6-12,15H,4-5,13-14,16H2,1H3. The van der Waals surface area contributed by atoms with Crippen LogP contribution in [0, 0.1) is 11.3 Å². The number of nitrogens with zero attached hydrogens (tertiary/aromatic N) is 3. The molecule has 4 rings (SSSR count). The Labute approximate surface area is 185 Å². The first-order valence-corrected chi connectivity index (χ1v) is 10.5. The van der Waals surface area contributed by atoms with E-state index in [1.807, 2.05) is 35.3 Å². The molecule has 0 N–H and O–H groups in total. The van der Waals surface area contributed by atoms with Crippen LogP contribution in [0.3, 0.4) is 0 Å². The first-order chi connectivity index (χ1) is 15.4. The maximum atomic E-state index is 13.2. The monoisotopic (exact) mass is 435 g/mol. The van der Waals surface area contributed by atoms with Gasteiger partial charge in [0, 0.05) is 30.8 Å². The maximum Gasteiger partial charge on any atom is 0.394 e. The van der Waals surface area contributed by atoms with Crippen molar-refractivity contribution in [2.24, 2.45) is 0 Å². The van der Waals surface area contributed by atoms with Gasteiger partial charge in [0.15, 0.2) is 0 Å². The van der Waals surface area contributed by atoms with Gasteiger partial charge in [0.1, 0.15) is 5.75 Å². The highest BCUT2D eigenvalue weighted by molar-refractivity contribution is 5.98. The molecule has 0 saturated carbocycles. The van der Waals surface area contributed by atoms with Gasteiger partial charge in [-0.25, -0.2) is 0 Å². The van der Waals surface area contributed by atoms with Crippen LogP contribution >= 0.6 is 0 Å². The summed E-state index contributed by atoms with van der Waals surface area (Å²) in [6, 6.07) is 19.8. The molecule has 1 aliphatic heterocycles. The van der Waals surface area contributed by atoms with Crippen LogP contribution in [0.15, 0.2) is 60.7 Å². The Morgan fingerprint density at radius 2 is 1.81 bits per heavy atom. The van der Waals surface area contributed by atoms with Crippen LogP contribution in [0.4, 0.5) is 14.5 Å². The van der Waals surface area contributed by atoms with Gasteiger partial charge in [-0.2, -0.15) is 14.0 Å². The van der Waals surface area contributed by atoms with Crippen molar-refractivity contribution in [2.45, 2.75) is 32.3 Å². The number of amides is 1. The molecule has 0 aromatic heterocycles. The summed E-state index contributed by atoms with van der Waals surface area (Å²) < 4.78 is 31.0. The molecule has 1 aliphatic rings. The fourth-order valence-electron chi connectivity index (χ4n) is 4.07. The van der Waals surface area contributed by atoms with E-state index in [2.05, 4.69) is 10.8 Å². The van der Waals surface area contributed by atoms with Crippen LogP contribution in [-0.4, -0.2) is 30.1 Å². The molecule has 0 unspecified atom stereocenters. The first kappa shape index (κ1) is 21.6. The Kier molecular flexibility index (Phi) is 5.95. The molecule has 1 saturated heterocycles. The summed E-state index contributed by atoms with van der Waals surface area (Å²) in [5.41, 5.74) is 2.06. The third-order valence-electron chi connectivity index (χ3n) is 5.42. The van der Waals surface area contributed by atoms with Gasteiger partial charge in [-0.1, -0.05) is 36.4 Å². The predicted molar refractivity (Wildman–Crippen MR) is 118 cm³/mol. The SMILES string of the molecule is CC(F)(F)Oc1cccc(CC(=O)N2CCCCN2c2ccc(C#N)c3ccccc23)c1. The van der Waals surface area contributed by atoms with Crippen LogP contribution in [0.5, 0.6) is 5.75 Å². The summed E-state index contributed by atoms with van der Waals surface area (Å²) in [7, 11) is 0. The Morgan fingerprint density at radius 3 is 2.56 bits per heavy atom. The first-order valence-electron chi connectivity index (χ1n) is 10.5. The number of ether oxygens (including phenoxy) is 1. The molecule has 1 fully saturated rings. The Hall–Kier alpha value is -3.66. The van der Waals surface area contributed by atoms with Crippen LogP contribution in [0.1, 0.15) is 30.9 Å². The van der Waals surface area contributed by atoms with Gasteiger partial charge in [0.2, 0.25) is 5.91 Å². The second kappa shape index (κ2) is 8.83. The van der Waals surface area contributed by atoms with Crippen molar-refractivity contribution >= 4 is 22.4 Å². The molecular weight excluding hydrogens is 412 g/mol. The van der Waals surface area contributed by atoms with Crippen molar-refractivity contribution in [1.29, 1.82) is 5.26 Å². The number of hydrazine groups is 1. The molecule has 7 heteroatoms. The van der Waals surface area contributed by atoms with Crippen molar-refractivity contribution in [3.8, 4) is 11.8 Å². The number of carbonyl (C=O) groups is 1. The van der Waals surface area contributed by atoms with Crippen molar-refractivity contribution in [2.75, 3.05) is 18.1 Å². The molecule has 3 aromatic carbocycles. The minimum absolute atomic E-state index is 0.0244. The van der Waals surface area contributed by atoms with Gasteiger partial charge in [0.25, 0.3) is 0 Å². The minimum Gasteiger partial charge on any atom is -0.433 e. The zero-order valence-corrected chi connectivity index (χ0v) is 17.7. The zero-order chi connectivity index (χ0) is 22.7. The normalized spacial score (nSPS) is 14.3. The molecule has 1 heterocycles. The number of alkyl halides is 2. The predicted octanol–water partition coefficient (Wildman–Crippen LogP) is 5.29. The third kappa shape index (κ3) is 4.65. The molecule has 32 heavy (non-hydrogen) atoms. The van der Waals surface area contributed by atoms with E-state index < -0.39 is 6.11 Å². The van der Waals surface area contributed by atoms with E-state index in [1.165, 1.54) is 12.1 Å². The molecule has 0 bridgehead atoms. The number of fused-ring (bicyclic) bond motifs is 1. The molecule has 1 amide bonds. The second-order valence-electron chi connectivity index (χ2n) is 7.87. The minimum atomic E-state index is -3.29. The quantitative estimate of drug-likeness (QED) is 0.547. The zero-order valence-electron chi connectivity index (χ0n) is 17.7. The smallest absolute Gasteiger partial charge is 0.394 e. The Morgan fingerprint density at radius 1 is 1.06 bits per heavy atom. The maximum absolute atomic E-state index is 13.2. The van der Waals surface area contributed by atoms with Gasteiger partial charge in [-0.05, 0) is 42.7 Å². The van der Waals surface area contributed by atoms with Crippen LogP contribution in [0.25, 0.3) is 10.8 Å². The van der Waals surface area contributed by atoms with Crippen molar-refractivity contribution in [1.82, 2.24) is 5.01 Å². The van der Waals surface area contributed by atoms with E-state index in [1.54, 1.807) is 23.2 Å². The fourth-order valence-corrected chi connectivity index (χ4v) is 4.07. The molecule has 0 radical (unpaired) electrons. The highest BCUT2D eigenvalue weighted by Gasteiger charge is 2.27. The molecule has 3 aromatic rings. The van der Waals surface area contributed by atoms with Gasteiger partial charge in [-0.15, -0.1) is 0 Å². The number of rotatable bonds is 5. The lowest BCUT2D eigenvalue weighted by Gasteiger charge is -2.41. The van der Waals surface area contributed by atoms with Crippen molar-refractivity contribution in [3.63, 3.8) is 0 Å². The van der Waals surface area contributed by atoms with E-state index >= 15 is 0 Å². The lowest BCUT2D eigenvalue weighted by atomic mass is 10.0. The molecule has 0 atom stereocenters. The molecule has 0 aliphatic carbocycles. The second-order valence-corrected chi connectivity index (χ2v) is 7.87. The molecular formula is C25H23F2N3O2. The van der Waals surface area contributed by atoms with E-state index in [0.29, 0.717) is 31.1 Å². The van der Waals surface area contributed by atoms with E-state index in [4.69, 9.17) is 0 Å². The summed E-state index contributed by atoms with van der Waals surface area (Å²) in [4.78, 5) is 13.2. The number of hydrogen-bond acceptors (Lipinski definition) is 4. The molecule has 5 nitrogen and oxygen atoms in total. The van der Waals surface area contributed by atoms with Gasteiger partial charge in [0.05, 0.1) is 23.7 Å². The number of carbonyl (C=O) groups excluding carboxylic acids is 1. The average molecular weight is 435 g/mol. The van der Waals surface area contributed by atoms with Crippen LogP contribution in [-0.2, 0) is 11.2 Å². The van der Waals surface area contributed by atoms with Gasteiger partial charge in [-0.3, -0.25) is 14.8 Å². The summed E-state index contributed by atoms with van der Waals surface area (Å²) >= 11 is 0. The van der Waals surface area contributed by atoms with Crippen molar-refractivity contribution < 1.29 is 18.3 Å². The summed E-state index contributed by atoms with van der Waals surface area (Å²) in [5, 5.41) is 14.9. The summed E-state index contributed by atoms with van der Waals surface area (Å²) in [6.07, 6.45) is -1.41. The molecule has 164 valence electrons. The third-order valence-corrected chi connectivity index (χ3v) is 5.42. The largest absolute Gasteiger partial charge is 0.433 e. The van der Waals surface area contributed by atoms with Crippen LogP contribution in [0.2, 0.25) is 0 Å². The van der Waals surface area contributed by atoms with Crippen molar-refractivity contribution in [3.05, 3.63) is 71.8 Å². The topological polar surface area (TPSA) is 56.6 Å². The fraction of sp³-hybridized carbons (Fsp3) is 0.280. The number of hydrogen-bond donors (Lipinski definition) is 0. The van der Waals surface area contributed by atoms with Gasteiger partial charge >= 0.3 is 6.11 Å². The molecule has 0 spiro atoms. The highest BCUT2D eigenvalue weighted by atomic mass is 19.3. The summed E-state index contributed by atoms with van der Waals surface area (Å²) in [6.45, 7) is 1.92. The lowest BCUT2D eigenvalue weighted by Crippen LogP contribution is -2.51. The highest BCUT2D eigenvalue weighted by Crippen LogP contribution is 2.32. The Bertz CT molecular complexity index is 1180. The number of anilines is 1. The van der Waals surface area contributed by atoms with E-state index in [0.717, 1.165) is 29.3 Å². The van der Waals surface area contributed by atoms with Gasteiger partial charge < -0.3 is 4.74 Å². The average Bonchev–Trinajstić information content (AvgIpc) is 2.77. The lowest BCUT2D eigenvalue weighted by molar-refractivity contribution is -0.158. The number of nitriles is 1. The van der Waals surface area contributed by atoms with Crippen LogP contribution < -0.4 is 9.75 Å². The Balaban J connectivity index is 1.61. The summed E-state index contributed by atoms with van der Waals surface area (Å²) in [5.74, 6) is -0.102. The van der Waals surface area contributed by atoms with E-state index in [9.17, 15) is 18.8 Å².